The molecule has 108 valence electrons. The summed E-state index contributed by atoms with van der Waals surface area (Å²) in [6.07, 6.45) is 4.90. The van der Waals surface area contributed by atoms with E-state index in [2.05, 4.69) is 23.5 Å². The molecule has 0 radical (unpaired) electrons. The maximum Gasteiger partial charge on any atom is 0.298 e. The van der Waals surface area contributed by atoms with Crippen LogP contribution < -0.4 is 5.32 Å². The van der Waals surface area contributed by atoms with E-state index in [9.17, 15) is 13.6 Å². The van der Waals surface area contributed by atoms with Gasteiger partial charge in [0.1, 0.15) is 5.76 Å². The summed E-state index contributed by atoms with van der Waals surface area (Å²) < 4.78 is 32.4. The monoisotopic (exact) mass is 282 g/mol. The molecule has 0 unspecified atom stereocenters. The lowest BCUT2D eigenvalue weighted by Gasteiger charge is -2.21. The van der Waals surface area contributed by atoms with Gasteiger partial charge in [-0.1, -0.05) is 12.7 Å². The first kappa shape index (κ1) is 15.8. The molecule has 1 aliphatic rings. The fraction of sp³-hybridized carbons (Fsp3) is 0.286. The SMILES string of the molecule is C=CCC(F)(F)C1=N/C(=C/C=C(\C=C)OC)CNC1=O. The summed E-state index contributed by atoms with van der Waals surface area (Å²) in [6, 6.07) is 0. The molecule has 0 saturated carbocycles. The number of rotatable bonds is 6. The van der Waals surface area contributed by atoms with Crippen molar-refractivity contribution in [2.24, 2.45) is 4.99 Å². The Hall–Kier alpha value is -2.24. The van der Waals surface area contributed by atoms with Crippen molar-refractivity contribution in [2.45, 2.75) is 12.3 Å². The smallest absolute Gasteiger partial charge is 0.298 e. The lowest BCUT2D eigenvalue weighted by atomic mass is 10.1. The quantitative estimate of drug-likeness (QED) is 0.462. The molecule has 0 aliphatic carbocycles. The van der Waals surface area contributed by atoms with Gasteiger partial charge in [0.2, 0.25) is 0 Å². The Morgan fingerprint density at radius 3 is 2.80 bits per heavy atom. The first-order valence-electron chi connectivity index (χ1n) is 5.88. The minimum atomic E-state index is -3.34. The van der Waals surface area contributed by atoms with Crippen molar-refractivity contribution < 1.29 is 18.3 Å². The van der Waals surface area contributed by atoms with E-state index >= 15 is 0 Å². The molecule has 1 rings (SSSR count). The Morgan fingerprint density at radius 1 is 1.55 bits per heavy atom. The lowest BCUT2D eigenvalue weighted by molar-refractivity contribution is -0.116. The number of alkyl halides is 2. The summed E-state index contributed by atoms with van der Waals surface area (Å²) in [5, 5.41) is 2.36. The molecule has 0 saturated heterocycles. The largest absolute Gasteiger partial charge is 0.497 e. The third-order valence-electron chi connectivity index (χ3n) is 2.52. The summed E-state index contributed by atoms with van der Waals surface area (Å²) in [4.78, 5) is 15.2. The number of allylic oxidation sites excluding steroid dienone is 4. The van der Waals surface area contributed by atoms with E-state index in [0.717, 1.165) is 6.08 Å². The van der Waals surface area contributed by atoms with Crippen molar-refractivity contribution in [1.29, 1.82) is 0 Å². The Morgan fingerprint density at radius 2 is 2.25 bits per heavy atom. The number of hydrogen-bond donors (Lipinski definition) is 1. The Kier molecular flexibility index (Phi) is 5.37. The molecule has 4 nitrogen and oxygen atoms in total. The zero-order valence-electron chi connectivity index (χ0n) is 11.2. The predicted octanol–water partition coefficient (Wildman–Crippen LogP) is 2.37. The van der Waals surface area contributed by atoms with Gasteiger partial charge in [-0.05, 0) is 18.2 Å². The number of carbonyl (C=O) groups is 1. The second-order valence-electron chi connectivity index (χ2n) is 3.98. The summed E-state index contributed by atoms with van der Waals surface area (Å²) in [7, 11) is 1.46. The zero-order valence-corrected chi connectivity index (χ0v) is 11.2. The first-order valence-corrected chi connectivity index (χ1v) is 5.88. The minimum absolute atomic E-state index is 0.0805. The topological polar surface area (TPSA) is 50.7 Å². The molecule has 0 spiro atoms. The molecule has 0 aromatic carbocycles. The molecule has 20 heavy (non-hydrogen) atoms. The summed E-state index contributed by atoms with van der Waals surface area (Å²) in [5.41, 5.74) is -0.499. The van der Waals surface area contributed by atoms with Crippen LogP contribution in [0.4, 0.5) is 8.78 Å². The van der Waals surface area contributed by atoms with Gasteiger partial charge in [0, 0.05) is 6.42 Å². The van der Waals surface area contributed by atoms with Gasteiger partial charge in [0.05, 0.1) is 19.4 Å². The standard InChI is InChI=1S/C14H16F2N2O2/c1-4-8-14(15,16)12-13(19)17-9-10(18-12)6-7-11(5-2)20-3/h4-7H,1-2,8-9H2,3H3,(H,17,19)/b10-6+,11-7+. The Bertz CT molecular complexity index is 505. The maximum atomic E-state index is 13.7. The van der Waals surface area contributed by atoms with Crippen molar-refractivity contribution >= 4 is 11.6 Å². The highest BCUT2D eigenvalue weighted by Gasteiger charge is 2.40. The van der Waals surface area contributed by atoms with Crippen LogP contribution in [0.1, 0.15) is 6.42 Å². The van der Waals surface area contributed by atoms with Gasteiger partial charge < -0.3 is 10.1 Å². The summed E-state index contributed by atoms with van der Waals surface area (Å²) in [5.74, 6) is -3.74. The minimum Gasteiger partial charge on any atom is -0.497 e. The van der Waals surface area contributed by atoms with Crippen LogP contribution in [-0.4, -0.2) is 31.2 Å². The normalized spacial score (nSPS) is 18.4. The number of hydrogen-bond acceptors (Lipinski definition) is 3. The Balaban J connectivity index is 3.08. The number of aliphatic imine (C=N–C) groups is 1. The van der Waals surface area contributed by atoms with Crippen LogP contribution in [0.2, 0.25) is 0 Å². The molecule has 6 heteroatoms. The van der Waals surface area contributed by atoms with E-state index < -0.39 is 24.0 Å². The van der Waals surface area contributed by atoms with E-state index in [1.165, 1.54) is 25.3 Å². The van der Waals surface area contributed by atoms with Crippen molar-refractivity contribution in [3.63, 3.8) is 0 Å². The molecule has 0 atom stereocenters. The first-order chi connectivity index (χ1) is 9.44. The fourth-order valence-corrected chi connectivity index (χ4v) is 1.51. The predicted molar refractivity (Wildman–Crippen MR) is 73.6 cm³/mol. The van der Waals surface area contributed by atoms with Crippen LogP contribution >= 0.6 is 0 Å². The third-order valence-corrected chi connectivity index (χ3v) is 2.52. The molecule has 0 bridgehead atoms. The number of carbonyl (C=O) groups excluding carboxylic acids is 1. The second kappa shape index (κ2) is 6.79. The zero-order chi connectivity index (χ0) is 15.2. The van der Waals surface area contributed by atoms with E-state index in [4.69, 9.17) is 4.74 Å². The van der Waals surface area contributed by atoms with E-state index in [-0.39, 0.29) is 6.54 Å². The third kappa shape index (κ3) is 3.88. The number of ether oxygens (including phenoxy) is 1. The van der Waals surface area contributed by atoms with Crippen LogP contribution in [0.15, 0.2) is 53.9 Å². The molecule has 1 aliphatic heterocycles. The molecular weight excluding hydrogens is 266 g/mol. The summed E-state index contributed by atoms with van der Waals surface area (Å²) in [6.45, 7) is 6.86. The highest BCUT2D eigenvalue weighted by atomic mass is 19.3. The number of nitrogens with zero attached hydrogens (tertiary/aromatic N) is 1. The number of methoxy groups -OCH3 is 1. The molecule has 0 fully saturated rings. The van der Waals surface area contributed by atoms with Crippen LogP contribution in [0.25, 0.3) is 0 Å². The van der Waals surface area contributed by atoms with E-state index in [1.54, 1.807) is 0 Å². The van der Waals surface area contributed by atoms with Crippen molar-refractivity contribution in [2.75, 3.05) is 13.7 Å². The number of nitrogens with one attached hydrogen (secondary N) is 1. The molecule has 0 aromatic heterocycles. The second-order valence-corrected chi connectivity index (χ2v) is 3.98. The van der Waals surface area contributed by atoms with E-state index in [1.807, 2.05) is 0 Å². The maximum absolute atomic E-state index is 13.7. The Labute approximate surface area is 116 Å². The van der Waals surface area contributed by atoms with Crippen molar-refractivity contribution in [3.05, 3.63) is 48.9 Å². The van der Waals surface area contributed by atoms with Gasteiger partial charge in [0.15, 0.2) is 5.71 Å². The molecular formula is C14H16F2N2O2. The van der Waals surface area contributed by atoms with Gasteiger partial charge in [-0.2, -0.15) is 8.78 Å². The fourth-order valence-electron chi connectivity index (χ4n) is 1.51. The molecule has 1 amide bonds. The lowest BCUT2D eigenvalue weighted by Crippen LogP contribution is -2.45. The molecule has 1 N–H and O–H groups in total. The van der Waals surface area contributed by atoms with Crippen molar-refractivity contribution in [3.8, 4) is 0 Å². The highest BCUT2D eigenvalue weighted by Crippen LogP contribution is 2.24. The van der Waals surface area contributed by atoms with Gasteiger partial charge in [-0.25, -0.2) is 4.99 Å². The molecule has 0 aromatic rings. The number of halogens is 2. The summed E-state index contributed by atoms with van der Waals surface area (Å²) >= 11 is 0. The highest BCUT2D eigenvalue weighted by molar-refractivity contribution is 6.42. The van der Waals surface area contributed by atoms with Crippen LogP contribution in [-0.2, 0) is 9.53 Å². The van der Waals surface area contributed by atoms with Gasteiger partial charge in [0.25, 0.3) is 11.8 Å². The number of amides is 1. The van der Waals surface area contributed by atoms with Crippen LogP contribution in [0.5, 0.6) is 0 Å². The molecule has 1 heterocycles. The van der Waals surface area contributed by atoms with E-state index in [0.29, 0.717) is 11.5 Å². The van der Waals surface area contributed by atoms with Crippen molar-refractivity contribution in [1.82, 2.24) is 5.32 Å². The van der Waals surface area contributed by atoms with Gasteiger partial charge in [-0.15, -0.1) is 6.58 Å². The van der Waals surface area contributed by atoms with Crippen LogP contribution in [0, 0.1) is 0 Å². The van der Waals surface area contributed by atoms with Gasteiger partial charge in [-0.3, -0.25) is 4.79 Å². The van der Waals surface area contributed by atoms with Crippen LogP contribution in [0.3, 0.4) is 0 Å². The average Bonchev–Trinajstić information content (AvgIpc) is 2.41. The van der Waals surface area contributed by atoms with Gasteiger partial charge >= 0.3 is 0 Å². The average molecular weight is 282 g/mol.